The molecule has 0 radical (unpaired) electrons. The predicted molar refractivity (Wildman–Crippen MR) is 115 cm³/mol. The van der Waals surface area contributed by atoms with E-state index >= 15 is 0 Å². The van der Waals surface area contributed by atoms with E-state index in [4.69, 9.17) is 16.0 Å². The van der Waals surface area contributed by atoms with Crippen LogP contribution in [-0.4, -0.2) is 37.8 Å². The summed E-state index contributed by atoms with van der Waals surface area (Å²) in [6.07, 6.45) is -4.89. The van der Waals surface area contributed by atoms with Crippen LogP contribution >= 0.6 is 11.6 Å². The predicted octanol–water partition coefficient (Wildman–Crippen LogP) is 2.14. The van der Waals surface area contributed by atoms with Gasteiger partial charge in [-0.15, -0.1) is 0 Å². The summed E-state index contributed by atoms with van der Waals surface area (Å²) in [6.45, 7) is 6.93. The molecule has 1 aliphatic heterocycles. The van der Waals surface area contributed by atoms with Crippen molar-refractivity contribution < 1.29 is 32.5 Å². The molecule has 1 saturated heterocycles. The second-order valence-electron chi connectivity index (χ2n) is 8.11. The first-order valence-corrected chi connectivity index (χ1v) is 10.9. The molecule has 0 bridgehead atoms. The van der Waals surface area contributed by atoms with Gasteiger partial charge in [0.1, 0.15) is 38.5 Å². The molecule has 5 nitrogen and oxygen atoms in total. The minimum absolute atomic E-state index is 0.00738. The number of halogens is 4. The van der Waals surface area contributed by atoms with E-state index in [-0.39, 0.29) is 34.4 Å². The van der Waals surface area contributed by atoms with Gasteiger partial charge in [-0.05, 0) is 36.8 Å². The Labute approximate surface area is 187 Å². The quantitative estimate of drug-likeness (QED) is 0.550. The smallest absolute Gasteiger partial charge is 0.450 e. The summed E-state index contributed by atoms with van der Waals surface area (Å²) in [4.78, 5) is 15.8. The molecule has 0 amide bonds. The zero-order chi connectivity index (χ0) is 23.0. The maximum atomic E-state index is 14.0. The maximum absolute atomic E-state index is 14.0. The van der Waals surface area contributed by atoms with Crippen molar-refractivity contribution in [1.82, 2.24) is 0 Å². The number of alkyl halides is 3. The van der Waals surface area contributed by atoms with Gasteiger partial charge >= 0.3 is 6.18 Å². The lowest BCUT2D eigenvalue weighted by atomic mass is 10.00. The summed E-state index contributed by atoms with van der Waals surface area (Å²) >= 11 is 5.86. The Balaban J connectivity index is 1.87. The molecule has 0 unspecified atom stereocenters. The molecule has 2 heterocycles. The van der Waals surface area contributed by atoms with Crippen molar-refractivity contribution in [2.45, 2.75) is 19.6 Å². The third-order valence-corrected chi connectivity index (χ3v) is 6.37. The highest BCUT2D eigenvalue weighted by Crippen LogP contribution is 2.39. The first-order chi connectivity index (χ1) is 15.2. The van der Waals surface area contributed by atoms with Crippen LogP contribution in [-0.2, 0) is 12.7 Å². The number of piperazine rings is 1. The summed E-state index contributed by atoms with van der Waals surface area (Å²) < 4.78 is 47.3. The molecular formula is C23H24ClF3N2O3+2. The molecule has 9 heteroatoms. The fourth-order valence-corrected chi connectivity index (χ4v) is 4.42. The molecule has 2 aromatic carbocycles. The molecule has 0 spiro atoms. The van der Waals surface area contributed by atoms with E-state index in [1.165, 1.54) is 41.3 Å². The normalized spacial score (nSPS) is 19.4. The van der Waals surface area contributed by atoms with Gasteiger partial charge in [0, 0.05) is 5.02 Å². The lowest BCUT2D eigenvalue weighted by Gasteiger charge is -2.29. The third-order valence-electron chi connectivity index (χ3n) is 6.12. The van der Waals surface area contributed by atoms with Crippen molar-refractivity contribution in [2.24, 2.45) is 0 Å². The molecule has 0 aliphatic carbocycles. The Morgan fingerprint density at radius 3 is 2.25 bits per heavy atom. The molecule has 3 N–H and O–H groups in total. The average Bonchev–Trinajstić information content (AvgIpc) is 2.76. The minimum Gasteiger partial charge on any atom is -0.507 e. The lowest BCUT2D eigenvalue weighted by Crippen LogP contribution is -3.27. The topological polar surface area (TPSA) is 59.3 Å². The molecular weight excluding hydrogens is 445 g/mol. The number of fused-ring (bicyclic) bond motifs is 1. The minimum atomic E-state index is -4.89. The number of likely N-dealkylation sites (N-methyl/N-ethyl adjacent to an activating group) is 1. The Morgan fingerprint density at radius 1 is 1.03 bits per heavy atom. The van der Waals surface area contributed by atoms with Gasteiger partial charge in [-0.25, -0.2) is 0 Å². The van der Waals surface area contributed by atoms with Crippen molar-refractivity contribution in [3.8, 4) is 16.9 Å². The fourth-order valence-electron chi connectivity index (χ4n) is 4.29. The number of aromatic hydroxyl groups is 1. The van der Waals surface area contributed by atoms with E-state index in [9.17, 15) is 23.1 Å². The van der Waals surface area contributed by atoms with E-state index in [0.717, 1.165) is 37.6 Å². The monoisotopic (exact) mass is 468 g/mol. The highest BCUT2D eigenvalue weighted by atomic mass is 35.5. The first kappa shape index (κ1) is 22.6. The first-order valence-electron chi connectivity index (χ1n) is 10.5. The number of quaternary nitrogens is 2. The van der Waals surface area contributed by atoms with Gasteiger partial charge in [-0.3, -0.25) is 4.79 Å². The Kier molecular flexibility index (Phi) is 6.20. The van der Waals surface area contributed by atoms with Crippen LogP contribution in [0.15, 0.2) is 45.6 Å². The fraction of sp³-hybridized carbons (Fsp3) is 0.348. The zero-order valence-corrected chi connectivity index (χ0v) is 18.2. The molecule has 1 aliphatic rings. The van der Waals surface area contributed by atoms with E-state index in [2.05, 4.69) is 6.92 Å². The van der Waals surface area contributed by atoms with E-state index in [1.807, 2.05) is 0 Å². The average molecular weight is 469 g/mol. The maximum Gasteiger partial charge on any atom is 0.450 e. The highest BCUT2D eigenvalue weighted by molar-refractivity contribution is 6.30. The molecule has 170 valence electrons. The Hall–Kier alpha value is -2.55. The van der Waals surface area contributed by atoms with Gasteiger partial charge in [0.15, 0.2) is 5.58 Å². The molecule has 3 aromatic rings. The molecule has 1 aromatic heterocycles. The van der Waals surface area contributed by atoms with Crippen LogP contribution in [0.5, 0.6) is 5.75 Å². The van der Waals surface area contributed by atoms with Gasteiger partial charge in [-0.1, -0.05) is 23.7 Å². The second kappa shape index (κ2) is 8.77. The summed E-state index contributed by atoms with van der Waals surface area (Å²) in [5.74, 6) is -1.55. The lowest BCUT2D eigenvalue weighted by molar-refractivity contribution is -1.02. The summed E-state index contributed by atoms with van der Waals surface area (Å²) in [7, 11) is 0. The second-order valence-corrected chi connectivity index (χ2v) is 8.55. The van der Waals surface area contributed by atoms with Crippen molar-refractivity contribution in [3.63, 3.8) is 0 Å². The van der Waals surface area contributed by atoms with Crippen molar-refractivity contribution in [2.75, 3.05) is 32.7 Å². The van der Waals surface area contributed by atoms with Crippen LogP contribution in [0, 0.1) is 0 Å². The van der Waals surface area contributed by atoms with Crippen molar-refractivity contribution >= 4 is 22.6 Å². The van der Waals surface area contributed by atoms with Gasteiger partial charge in [0.2, 0.25) is 11.2 Å². The Bertz CT molecular complexity index is 1180. The molecule has 32 heavy (non-hydrogen) atoms. The van der Waals surface area contributed by atoms with Crippen molar-refractivity contribution in [3.05, 3.63) is 63.0 Å². The van der Waals surface area contributed by atoms with Crippen LogP contribution in [0.25, 0.3) is 22.1 Å². The summed E-state index contributed by atoms with van der Waals surface area (Å²) in [6, 6.07) is 8.22. The van der Waals surface area contributed by atoms with Gasteiger partial charge in [0.25, 0.3) is 0 Å². The zero-order valence-electron chi connectivity index (χ0n) is 17.5. The van der Waals surface area contributed by atoms with E-state index in [1.54, 1.807) is 0 Å². The number of hydrogen-bond donors (Lipinski definition) is 3. The number of phenols is 1. The Morgan fingerprint density at radius 2 is 1.66 bits per heavy atom. The molecule has 1 fully saturated rings. The van der Waals surface area contributed by atoms with E-state index in [0.29, 0.717) is 5.02 Å². The van der Waals surface area contributed by atoms with Crippen LogP contribution in [0.2, 0.25) is 5.02 Å². The largest absolute Gasteiger partial charge is 0.507 e. The molecule has 0 atom stereocenters. The van der Waals surface area contributed by atoms with Crippen LogP contribution < -0.4 is 15.2 Å². The van der Waals surface area contributed by atoms with Gasteiger partial charge in [-0.2, -0.15) is 13.2 Å². The van der Waals surface area contributed by atoms with Crippen LogP contribution in [0.1, 0.15) is 18.2 Å². The standard InChI is InChI=1S/C23H22ClF3N2O3/c1-2-28-9-11-29(12-10-28)13-17-18(30)8-7-16-20(31)19(14-3-5-15(24)6-4-14)22(23(25,26)27)32-21(16)17/h3-8,30H,2,9-13H2,1H3/p+2. The number of hydrogen-bond acceptors (Lipinski definition) is 3. The van der Waals surface area contributed by atoms with Gasteiger partial charge in [0.05, 0.1) is 23.1 Å². The summed E-state index contributed by atoms with van der Waals surface area (Å²) in [5, 5.41) is 10.8. The number of rotatable bonds is 4. The number of nitrogens with one attached hydrogen (secondary N) is 2. The van der Waals surface area contributed by atoms with Crippen molar-refractivity contribution in [1.29, 1.82) is 0 Å². The third kappa shape index (κ3) is 4.35. The highest BCUT2D eigenvalue weighted by Gasteiger charge is 2.40. The number of benzene rings is 2. The van der Waals surface area contributed by atoms with E-state index < -0.39 is 22.9 Å². The van der Waals surface area contributed by atoms with Crippen LogP contribution in [0.4, 0.5) is 13.2 Å². The van der Waals surface area contributed by atoms with Crippen LogP contribution in [0.3, 0.4) is 0 Å². The SMILES string of the molecule is CC[NH+]1CC[NH+](Cc2c(O)ccc3c(=O)c(-c4ccc(Cl)cc4)c(C(F)(F)F)oc23)CC1. The molecule has 0 saturated carbocycles. The molecule has 4 rings (SSSR count). The summed E-state index contributed by atoms with van der Waals surface area (Å²) in [5.41, 5.74) is -1.28. The van der Waals surface area contributed by atoms with Gasteiger partial charge < -0.3 is 19.3 Å². The number of phenolic OH excluding ortho intramolecular Hbond substituents is 1.